The lowest BCUT2D eigenvalue weighted by molar-refractivity contribution is -0.129. The number of nitrogens with one attached hydrogen (secondary N) is 2. The molecule has 3 N–H and O–H groups in total. The van der Waals surface area contributed by atoms with Crippen LogP contribution in [0, 0.1) is 5.41 Å². The van der Waals surface area contributed by atoms with Crippen molar-refractivity contribution >= 4 is 17.6 Å². The van der Waals surface area contributed by atoms with Crippen molar-refractivity contribution in [2.75, 3.05) is 0 Å². The minimum atomic E-state index is -1.30. The number of nitrogens with zero attached hydrogens (tertiary/aromatic N) is 1. The number of rotatable bonds is 1. The fourth-order valence-electron chi connectivity index (χ4n) is 1.83. The van der Waals surface area contributed by atoms with E-state index in [1.807, 2.05) is 30.3 Å². The molecule has 88 valence electrons. The molecule has 1 aliphatic heterocycles. The number of aliphatic carboxylic acids is 1. The fraction of sp³-hybridized carbons (Fsp3) is 0.250. The van der Waals surface area contributed by atoms with Crippen molar-refractivity contribution in [3.63, 3.8) is 0 Å². The summed E-state index contributed by atoms with van der Waals surface area (Å²) in [7, 11) is 0. The van der Waals surface area contributed by atoms with Gasteiger partial charge in [-0.1, -0.05) is 30.3 Å². The van der Waals surface area contributed by atoms with Crippen molar-refractivity contribution in [2.24, 2.45) is 4.99 Å². The summed E-state index contributed by atoms with van der Waals surface area (Å²) in [4.78, 5) is 14.2. The first-order valence-electron chi connectivity index (χ1n) is 5.37. The summed E-state index contributed by atoms with van der Waals surface area (Å²) >= 11 is 0. The minimum absolute atomic E-state index is 0.163. The Bertz CT molecular complexity index is 468. The topological polar surface area (TPSA) is 85.5 Å². The zero-order chi connectivity index (χ0) is 12.3. The molecule has 2 rings (SSSR count). The van der Waals surface area contributed by atoms with Gasteiger partial charge in [0.1, 0.15) is 5.84 Å². The zero-order valence-electron chi connectivity index (χ0n) is 9.18. The standard InChI is InChI=1S/C12H13N3O2/c13-11(12(16)17)15-10-7-6-9(14-10)8-4-2-1-3-5-8/h1-5,9H,6-7H2,(H,16,17)(H2,13,14,15). The number of amidine groups is 2. The first-order chi connectivity index (χ1) is 8.16. The van der Waals surface area contributed by atoms with Gasteiger partial charge in [0.2, 0.25) is 5.84 Å². The average molecular weight is 231 g/mol. The van der Waals surface area contributed by atoms with Crippen LogP contribution in [-0.2, 0) is 4.79 Å². The highest BCUT2D eigenvalue weighted by Gasteiger charge is 2.21. The van der Waals surface area contributed by atoms with Gasteiger partial charge in [0.25, 0.3) is 0 Å². The SMILES string of the molecule is N=C(/N=C1/CCC(c2ccccc2)N1)C(=O)O. The Balaban J connectivity index is 2.06. The van der Waals surface area contributed by atoms with Gasteiger partial charge in [-0.25, -0.2) is 9.79 Å². The van der Waals surface area contributed by atoms with E-state index >= 15 is 0 Å². The lowest BCUT2D eigenvalue weighted by Gasteiger charge is -2.10. The summed E-state index contributed by atoms with van der Waals surface area (Å²) in [6.45, 7) is 0. The number of carboxylic acids is 1. The van der Waals surface area contributed by atoms with Crippen LogP contribution in [0.15, 0.2) is 35.3 Å². The molecule has 1 aromatic rings. The van der Waals surface area contributed by atoms with E-state index in [4.69, 9.17) is 10.5 Å². The van der Waals surface area contributed by atoms with Crippen LogP contribution in [0.25, 0.3) is 0 Å². The quantitative estimate of drug-likeness (QED) is 0.506. The molecule has 5 heteroatoms. The smallest absolute Gasteiger partial charge is 0.373 e. The molecule has 1 heterocycles. The van der Waals surface area contributed by atoms with Crippen LogP contribution < -0.4 is 5.32 Å². The third kappa shape index (κ3) is 2.69. The van der Waals surface area contributed by atoms with Gasteiger partial charge in [0.15, 0.2) is 0 Å². The Hall–Kier alpha value is -2.17. The van der Waals surface area contributed by atoms with E-state index in [2.05, 4.69) is 10.3 Å². The monoisotopic (exact) mass is 231 g/mol. The molecule has 0 bridgehead atoms. The lowest BCUT2D eigenvalue weighted by atomic mass is 10.1. The van der Waals surface area contributed by atoms with Gasteiger partial charge in [-0.3, -0.25) is 5.41 Å². The minimum Gasteiger partial charge on any atom is -0.475 e. The fourth-order valence-corrected chi connectivity index (χ4v) is 1.83. The van der Waals surface area contributed by atoms with Crippen molar-refractivity contribution < 1.29 is 9.90 Å². The molecule has 0 aromatic heterocycles. The zero-order valence-corrected chi connectivity index (χ0v) is 9.18. The third-order valence-corrected chi connectivity index (χ3v) is 2.66. The summed E-state index contributed by atoms with van der Waals surface area (Å²) in [6, 6.07) is 10.1. The van der Waals surface area contributed by atoms with Gasteiger partial charge in [0.05, 0.1) is 6.04 Å². The highest BCUT2D eigenvalue weighted by molar-refractivity contribution is 6.35. The molecule has 1 unspecified atom stereocenters. The van der Waals surface area contributed by atoms with Crippen molar-refractivity contribution in [3.8, 4) is 0 Å². The van der Waals surface area contributed by atoms with E-state index in [0.29, 0.717) is 12.3 Å². The van der Waals surface area contributed by atoms with Gasteiger partial charge in [-0.15, -0.1) is 0 Å². The van der Waals surface area contributed by atoms with Crippen LogP contribution in [0.3, 0.4) is 0 Å². The molecule has 1 saturated heterocycles. The summed E-state index contributed by atoms with van der Waals surface area (Å²) in [6.07, 6.45) is 1.55. The number of hydrogen-bond acceptors (Lipinski definition) is 2. The maximum atomic E-state index is 10.5. The van der Waals surface area contributed by atoms with Gasteiger partial charge in [-0.2, -0.15) is 0 Å². The third-order valence-electron chi connectivity index (χ3n) is 2.66. The lowest BCUT2D eigenvalue weighted by Crippen LogP contribution is -2.21. The predicted molar refractivity (Wildman–Crippen MR) is 64.4 cm³/mol. The van der Waals surface area contributed by atoms with E-state index in [1.165, 1.54) is 0 Å². The van der Waals surface area contributed by atoms with Crippen LogP contribution >= 0.6 is 0 Å². The molecule has 1 atom stereocenters. The Morgan fingerprint density at radius 1 is 1.41 bits per heavy atom. The molecular weight excluding hydrogens is 218 g/mol. The van der Waals surface area contributed by atoms with E-state index in [-0.39, 0.29) is 6.04 Å². The molecule has 1 fully saturated rings. The van der Waals surface area contributed by atoms with E-state index in [1.54, 1.807) is 0 Å². The van der Waals surface area contributed by atoms with Crippen molar-refractivity contribution in [3.05, 3.63) is 35.9 Å². The Kier molecular flexibility index (Phi) is 3.18. The average Bonchev–Trinajstić information content (AvgIpc) is 2.78. The number of hydrogen-bond donors (Lipinski definition) is 3. The molecule has 0 aliphatic carbocycles. The van der Waals surface area contributed by atoms with E-state index in [9.17, 15) is 4.79 Å². The molecule has 0 amide bonds. The van der Waals surface area contributed by atoms with Gasteiger partial charge in [0, 0.05) is 6.42 Å². The summed E-state index contributed by atoms with van der Waals surface area (Å²) in [5.41, 5.74) is 1.15. The maximum absolute atomic E-state index is 10.5. The first kappa shape index (κ1) is 11.3. The normalized spacial score (nSPS) is 21.2. The van der Waals surface area contributed by atoms with E-state index in [0.717, 1.165) is 12.0 Å². The molecule has 5 nitrogen and oxygen atoms in total. The summed E-state index contributed by atoms with van der Waals surface area (Å²) in [5.74, 6) is -1.35. The Labute approximate surface area is 98.7 Å². The molecule has 17 heavy (non-hydrogen) atoms. The maximum Gasteiger partial charge on any atom is 0.373 e. The molecular formula is C12H13N3O2. The molecule has 0 radical (unpaired) electrons. The Morgan fingerprint density at radius 2 is 2.12 bits per heavy atom. The second-order valence-electron chi connectivity index (χ2n) is 3.86. The summed E-state index contributed by atoms with van der Waals surface area (Å²) in [5, 5.41) is 18.9. The van der Waals surface area contributed by atoms with Gasteiger partial charge >= 0.3 is 5.97 Å². The number of carbonyl (C=O) groups is 1. The molecule has 1 aromatic carbocycles. The first-order valence-corrected chi connectivity index (χ1v) is 5.37. The van der Waals surface area contributed by atoms with Crippen LogP contribution in [0.2, 0.25) is 0 Å². The molecule has 0 saturated carbocycles. The van der Waals surface area contributed by atoms with E-state index < -0.39 is 11.8 Å². The van der Waals surface area contributed by atoms with Crippen LogP contribution in [0.4, 0.5) is 0 Å². The van der Waals surface area contributed by atoms with Crippen LogP contribution in [0.5, 0.6) is 0 Å². The predicted octanol–water partition coefficient (Wildman–Crippen LogP) is 1.57. The number of carboxylic acid groups (broad SMARTS) is 1. The highest BCUT2D eigenvalue weighted by atomic mass is 16.4. The molecule has 1 aliphatic rings. The van der Waals surface area contributed by atoms with Crippen molar-refractivity contribution in [1.82, 2.24) is 5.32 Å². The van der Waals surface area contributed by atoms with Crippen LogP contribution in [0.1, 0.15) is 24.4 Å². The van der Waals surface area contributed by atoms with Crippen LogP contribution in [-0.4, -0.2) is 22.7 Å². The second-order valence-corrected chi connectivity index (χ2v) is 3.86. The van der Waals surface area contributed by atoms with Crippen molar-refractivity contribution in [2.45, 2.75) is 18.9 Å². The van der Waals surface area contributed by atoms with Gasteiger partial charge in [-0.05, 0) is 12.0 Å². The Morgan fingerprint density at radius 3 is 2.76 bits per heavy atom. The number of benzene rings is 1. The van der Waals surface area contributed by atoms with Crippen molar-refractivity contribution in [1.29, 1.82) is 5.41 Å². The molecule has 0 spiro atoms. The second kappa shape index (κ2) is 4.78. The largest absolute Gasteiger partial charge is 0.475 e. The summed E-state index contributed by atoms with van der Waals surface area (Å²) < 4.78 is 0. The number of aliphatic imine (C=N–C) groups is 1. The van der Waals surface area contributed by atoms with Gasteiger partial charge < -0.3 is 10.4 Å². The highest BCUT2D eigenvalue weighted by Crippen LogP contribution is 2.23.